The van der Waals surface area contributed by atoms with Gasteiger partial charge in [0, 0.05) is 38.1 Å². The average Bonchev–Trinajstić information content (AvgIpc) is 3.27. The van der Waals surface area contributed by atoms with Gasteiger partial charge in [-0.3, -0.25) is 9.69 Å². The number of nitrogens with zero attached hydrogens (tertiary/aromatic N) is 2. The molecule has 1 saturated heterocycles. The van der Waals surface area contributed by atoms with E-state index in [1.807, 2.05) is 31.3 Å². The molecule has 1 atom stereocenters. The lowest BCUT2D eigenvalue weighted by molar-refractivity contribution is -0.115. The number of rotatable bonds is 5. The van der Waals surface area contributed by atoms with E-state index in [1.165, 1.54) is 5.56 Å². The van der Waals surface area contributed by atoms with Gasteiger partial charge in [-0.15, -0.1) is 0 Å². The van der Waals surface area contributed by atoms with Gasteiger partial charge >= 0.3 is 6.03 Å². The van der Waals surface area contributed by atoms with Gasteiger partial charge < -0.3 is 15.5 Å². The van der Waals surface area contributed by atoms with Crippen molar-refractivity contribution in [2.75, 3.05) is 37.3 Å². The minimum absolute atomic E-state index is 0.00288. The highest BCUT2D eigenvalue weighted by Gasteiger charge is 2.25. The number of amides is 3. The number of hydrogen-bond donors (Lipinski definition) is 2. The molecular weight excluding hydrogens is 352 g/mol. The Balaban J connectivity index is 1.27. The maximum Gasteiger partial charge on any atom is 0.321 e. The van der Waals surface area contributed by atoms with Gasteiger partial charge in [0.05, 0.1) is 6.42 Å². The Morgan fingerprint density at radius 2 is 2.07 bits per heavy atom. The van der Waals surface area contributed by atoms with E-state index in [-0.39, 0.29) is 11.9 Å². The molecule has 0 spiro atoms. The van der Waals surface area contributed by atoms with Gasteiger partial charge in [0.25, 0.3) is 0 Å². The Kier molecular flexibility index (Phi) is 5.30. The summed E-state index contributed by atoms with van der Waals surface area (Å²) in [5.74, 6) is 0.484. The summed E-state index contributed by atoms with van der Waals surface area (Å²) in [5.41, 5.74) is 3.82. The summed E-state index contributed by atoms with van der Waals surface area (Å²) >= 11 is 0. The quantitative estimate of drug-likeness (QED) is 0.840. The van der Waals surface area contributed by atoms with Gasteiger partial charge in [0.2, 0.25) is 5.91 Å². The van der Waals surface area contributed by atoms with E-state index in [1.54, 1.807) is 4.90 Å². The highest BCUT2D eigenvalue weighted by molar-refractivity contribution is 6.00. The van der Waals surface area contributed by atoms with E-state index in [2.05, 4.69) is 39.8 Å². The number of carbonyl (C=O) groups is 2. The maximum absolute atomic E-state index is 12.6. The number of urea groups is 1. The SMILES string of the molecule is CN(C[C@H]1CCN(Cc2ccccc2)C1)C(=O)Nc1ccc2c(c1)CC(=O)N2. The van der Waals surface area contributed by atoms with Crippen LogP contribution in [0, 0.1) is 5.92 Å². The number of anilines is 2. The largest absolute Gasteiger partial charge is 0.327 e. The van der Waals surface area contributed by atoms with Crippen LogP contribution >= 0.6 is 0 Å². The van der Waals surface area contributed by atoms with Crippen LogP contribution in [0.25, 0.3) is 0 Å². The standard InChI is InChI=1S/C22H26N4O2/c1-25(13-17-9-10-26(15-17)14-16-5-3-2-4-6-16)22(28)23-19-7-8-20-18(11-19)12-21(27)24-20/h2-8,11,17H,9-10,12-15H2,1H3,(H,23,28)(H,24,27)/t17-/m1/s1. The predicted molar refractivity (Wildman–Crippen MR) is 110 cm³/mol. The number of nitrogens with one attached hydrogen (secondary N) is 2. The van der Waals surface area contributed by atoms with E-state index in [4.69, 9.17) is 0 Å². The van der Waals surface area contributed by atoms with Crippen molar-refractivity contribution in [1.82, 2.24) is 9.80 Å². The monoisotopic (exact) mass is 378 g/mol. The summed E-state index contributed by atoms with van der Waals surface area (Å²) < 4.78 is 0. The van der Waals surface area contributed by atoms with Crippen LogP contribution in [0.1, 0.15) is 17.5 Å². The molecule has 146 valence electrons. The van der Waals surface area contributed by atoms with E-state index in [0.29, 0.717) is 12.3 Å². The van der Waals surface area contributed by atoms with Crippen LogP contribution in [0.15, 0.2) is 48.5 Å². The first-order valence-corrected chi connectivity index (χ1v) is 9.78. The maximum atomic E-state index is 12.6. The predicted octanol–water partition coefficient (Wildman–Crippen LogP) is 3.17. The molecule has 2 aromatic rings. The second-order valence-electron chi connectivity index (χ2n) is 7.78. The topological polar surface area (TPSA) is 64.7 Å². The summed E-state index contributed by atoms with van der Waals surface area (Å²) in [4.78, 5) is 28.2. The lowest BCUT2D eigenvalue weighted by Gasteiger charge is -2.22. The molecule has 4 rings (SSSR count). The second-order valence-corrected chi connectivity index (χ2v) is 7.78. The van der Waals surface area contributed by atoms with Crippen molar-refractivity contribution in [1.29, 1.82) is 0 Å². The molecule has 3 amide bonds. The zero-order chi connectivity index (χ0) is 19.5. The molecule has 0 saturated carbocycles. The van der Waals surface area contributed by atoms with Crippen molar-refractivity contribution >= 4 is 23.3 Å². The van der Waals surface area contributed by atoms with Crippen LogP contribution in [-0.2, 0) is 17.8 Å². The summed E-state index contributed by atoms with van der Waals surface area (Å²) in [6.07, 6.45) is 1.48. The Morgan fingerprint density at radius 1 is 1.25 bits per heavy atom. The Morgan fingerprint density at radius 3 is 2.89 bits per heavy atom. The highest BCUT2D eigenvalue weighted by atomic mass is 16.2. The molecule has 0 unspecified atom stereocenters. The van der Waals surface area contributed by atoms with Gasteiger partial charge in [-0.05, 0) is 48.2 Å². The van der Waals surface area contributed by atoms with Crippen LogP contribution in [-0.4, -0.2) is 48.4 Å². The number of hydrogen-bond acceptors (Lipinski definition) is 3. The van der Waals surface area contributed by atoms with Crippen LogP contribution in [0.5, 0.6) is 0 Å². The average molecular weight is 378 g/mol. The van der Waals surface area contributed by atoms with Gasteiger partial charge in [0.15, 0.2) is 0 Å². The third kappa shape index (κ3) is 4.34. The van der Waals surface area contributed by atoms with Crippen molar-refractivity contribution in [3.63, 3.8) is 0 Å². The minimum Gasteiger partial charge on any atom is -0.327 e. The summed E-state index contributed by atoms with van der Waals surface area (Å²) in [7, 11) is 1.84. The zero-order valence-corrected chi connectivity index (χ0v) is 16.1. The minimum atomic E-state index is -0.112. The van der Waals surface area contributed by atoms with Crippen LogP contribution in [0.2, 0.25) is 0 Å². The fourth-order valence-electron chi connectivity index (χ4n) is 4.04. The number of benzene rings is 2. The number of carbonyl (C=O) groups excluding carboxylic acids is 2. The second kappa shape index (κ2) is 8.02. The molecule has 28 heavy (non-hydrogen) atoms. The first kappa shape index (κ1) is 18.5. The van der Waals surface area contributed by atoms with E-state index < -0.39 is 0 Å². The third-order valence-electron chi connectivity index (χ3n) is 5.48. The molecule has 6 nitrogen and oxygen atoms in total. The highest BCUT2D eigenvalue weighted by Crippen LogP contribution is 2.26. The fraction of sp³-hybridized carbons (Fsp3) is 0.364. The zero-order valence-electron chi connectivity index (χ0n) is 16.1. The number of likely N-dealkylation sites (tertiary alicyclic amines) is 1. The summed E-state index contributed by atoms with van der Waals surface area (Å²) in [6.45, 7) is 3.79. The molecular formula is C22H26N4O2. The molecule has 0 bridgehead atoms. The van der Waals surface area contributed by atoms with E-state index >= 15 is 0 Å². The molecule has 2 aromatic carbocycles. The molecule has 2 aliphatic rings. The Labute approximate surface area is 165 Å². The Bertz CT molecular complexity index is 868. The first-order chi connectivity index (χ1) is 13.6. The lowest BCUT2D eigenvalue weighted by atomic mass is 10.1. The smallest absolute Gasteiger partial charge is 0.321 e. The van der Waals surface area contributed by atoms with Gasteiger partial charge in [-0.1, -0.05) is 30.3 Å². The van der Waals surface area contributed by atoms with Gasteiger partial charge in [-0.25, -0.2) is 4.79 Å². The third-order valence-corrected chi connectivity index (χ3v) is 5.48. The van der Waals surface area contributed by atoms with Gasteiger partial charge in [-0.2, -0.15) is 0 Å². The van der Waals surface area contributed by atoms with Crippen molar-refractivity contribution < 1.29 is 9.59 Å². The summed E-state index contributed by atoms with van der Waals surface area (Å²) in [6, 6.07) is 15.9. The molecule has 0 radical (unpaired) electrons. The molecule has 6 heteroatoms. The molecule has 0 aliphatic carbocycles. The fourth-order valence-corrected chi connectivity index (χ4v) is 4.04. The normalized spacial score (nSPS) is 18.6. The Hall–Kier alpha value is -2.86. The van der Waals surface area contributed by atoms with Crippen LogP contribution < -0.4 is 10.6 Å². The van der Waals surface area contributed by atoms with Gasteiger partial charge in [0.1, 0.15) is 0 Å². The first-order valence-electron chi connectivity index (χ1n) is 9.78. The lowest BCUT2D eigenvalue weighted by Crippen LogP contribution is -2.36. The van der Waals surface area contributed by atoms with Crippen LogP contribution in [0.3, 0.4) is 0 Å². The van der Waals surface area contributed by atoms with Crippen molar-refractivity contribution in [3.05, 3.63) is 59.7 Å². The van der Waals surface area contributed by atoms with Crippen LogP contribution in [0.4, 0.5) is 16.2 Å². The molecule has 2 N–H and O–H groups in total. The molecule has 2 aliphatic heterocycles. The molecule has 2 heterocycles. The van der Waals surface area contributed by atoms with E-state index in [0.717, 1.165) is 49.5 Å². The molecule has 1 fully saturated rings. The summed E-state index contributed by atoms with van der Waals surface area (Å²) in [5, 5.41) is 5.75. The van der Waals surface area contributed by atoms with Crippen molar-refractivity contribution in [2.45, 2.75) is 19.4 Å². The van der Waals surface area contributed by atoms with Crippen molar-refractivity contribution in [3.8, 4) is 0 Å². The number of fused-ring (bicyclic) bond motifs is 1. The van der Waals surface area contributed by atoms with E-state index in [9.17, 15) is 9.59 Å². The molecule has 0 aromatic heterocycles. The van der Waals surface area contributed by atoms with Crippen molar-refractivity contribution in [2.24, 2.45) is 5.92 Å².